The summed E-state index contributed by atoms with van der Waals surface area (Å²) in [7, 11) is 0. The van der Waals surface area contributed by atoms with Crippen LogP contribution in [0.2, 0.25) is 0 Å². The van der Waals surface area contributed by atoms with Crippen LogP contribution in [0.4, 0.5) is 0 Å². The highest BCUT2D eigenvalue weighted by Crippen LogP contribution is 2.26. The van der Waals surface area contributed by atoms with Crippen molar-refractivity contribution in [3.05, 3.63) is 71.8 Å². The number of benzene rings is 2. The standard InChI is InChI=1S/C18H21N/c1-3-9-15(10-4-1)18(16-11-5-2-6-12-16)19-17-13-7-8-14-17/h1-6,9-12,17-19H,7-8,13-14H2. The molecular weight excluding hydrogens is 230 g/mol. The van der Waals surface area contributed by atoms with Crippen LogP contribution >= 0.6 is 0 Å². The minimum absolute atomic E-state index is 0.325. The maximum atomic E-state index is 3.85. The van der Waals surface area contributed by atoms with Gasteiger partial charge in [-0.15, -0.1) is 0 Å². The summed E-state index contributed by atoms with van der Waals surface area (Å²) >= 11 is 0. The van der Waals surface area contributed by atoms with Crippen molar-refractivity contribution in [1.82, 2.24) is 5.32 Å². The average Bonchev–Trinajstić information content (AvgIpc) is 3.00. The molecule has 1 fully saturated rings. The van der Waals surface area contributed by atoms with Gasteiger partial charge in [0.2, 0.25) is 0 Å². The summed E-state index contributed by atoms with van der Waals surface area (Å²) in [4.78, 5) is 0. The molecular formula is C18H21N. The molecule has 2 aromatic carbocycles. The molecule has 0 spiro atoms. The number of hydrogen-bond acceptors (Lipinski definition) is 1. The smallest absolute Gasteiger partial charge is 0.0578 e. The van der Waals surface area contributed by atoms with E-state index < -0.39 is 0 Å². The summed E-state index contributed by atoms with van der Waals surface area (Å²) in [6.45, 7) is 0. The Balaban J connectivity index is 1.87. The van der Waals surface area contributed by atoms with Crippen molar-refractivity contribution in [2.24, 2.45) is 0 Å². The Kier molecular flexibility index (Phi) is 3.95. The van der Waals surface area contributed by atoms with Gasteiger partial charge in [0.05, 0.1) is 6.04 Å². The van der Waals surface area contributed by atoms with E-state index in [1.807, 2.05) is 0 Å². The first kappa shape index (κ1) is 12.4. The highest BCUT2D eigenvalue weighted by Gasteiger charge is 2.21. The number of rotatable bonds is 4. The lowest BCUT2D eigenvalue weighted by atomic mass is 9.97. The lowest BCUT2D eigenvalue weighted by Gasteiger charge is -2.24. The van der Waals surface area contributed by atoms with Gasteiger partial charge < -0.3 is 5.32 Å². The molecule has 0 aliphatic heterocycles. The highest BCUT2D eigenvalue weighted by atomic mass is 15.0. The first-order valence-electron chi connectivity index (χ1n) is 7.29. The molecule has 0 amide bonds. The van der Waals surface area contributed by atoms with Crippen molar-refractivity contribution in [2.75, 3.05) is 0 Å². The van der Waals surface area contributed by atoms with Gasteiger partial charge >= 0.3 is 0 Å². The Labute approximate surface area is 115 Å². The molecule has 0 atom stereocenters. The molecule has 1 saturated carbocycles. The van der Waals surface area contributed by atoms with E-state index in [1.165, 1.54) is 36.8 Å². The molecule has 1 aliphatic rings. The second-order valence-corrected chi connectivity index (χ2v) is 5.40. The molecule has 0 aromatic heterocycles. The van der Waals surface area contributed by atoms with Gasteiger partial charge in [0.1, 0.15) is 0 Å². The van der Waals surface area contributed by atoms with Crippen LogP contribution in [-0.2, 0) is 0 Å². The van der Waals surface area contributed by atoms with Gasteiger partial charge in [-0.2, -0.15) is 0 Å². The summed E-state index contributed by atoms with van der Waals surface area (Å²) in [5.74, 6) is 0. The van der Waals surface area contributed by atoms with Crippen molar-refractivity contribution >= 4 is 0 Å². The molecule has 1 aliphatic carbocycles. The summed E-state index contributed by atoms with van der Waals surface area (Å²) in [6.07, 6.45) is 5.37. The van der Waals surface area contributed by atoms with E-state index in [1.54, 1.807) is 0 Å². The molecule has 0 unspecified atom stereocenters. The molecule has 0 bridgehead atoms. The second kappa shape index (κ2) is 6.03. The normalized spacial score (nSPS) is 16.1. The van der Waals surface area contributed by atoms with Crippen LogP contribution in [-0.4, -0.2) is 6.04 Å². The molecule has 1 nitrogen and oxygen atoms in total. The van der Waals surface area contributed by atoms with E-state index in [-0.39, 0.29) is 0 Å². The number of hydrogen-bond donors (Lipinski definition) is 1. The van der Waals surface area contributed by atoms with Crippen LogP contribution in [0.25, 0.3) is 0 Å². The predicted octanol–water partition coefficient (Wildman–Crippen LogP) is 4.31. The maximum Gasteiger partial charge on any atom is 0.0578 e. The van der Waals surface area contributed by atoms with Gasteiger partial charge in [-0.25, -0.2) is 0 Å². The van der Waals surface area contributed by atoms with Crippen LogP contribution in [0.1, 0.15) is 42.9 Å². The Bertz CT molecular complexity index is 446. The van der Waals surface area contributed by atoms with E-state index in [4.69, 9.17) is 0 Å². The Morgan fingerprint density at radius 3 is 1.68 bits per heavy atom. The number of nitrogens with one attached hydrogen (secondary N) is 1. The molecule has 2 aromatic rings. The van der Waals surface area contributed by atoms with Gasteiger partial charge in [-0.05, 0) is 24.0 Å². The Hall–Kier alpha value is -1.60. The Morgan fingerprint density at radius 2 is 1.21 bits per heavy atom. The van der Waals surface area contributed by atoms with Crippen molar-refractivity contribution < 1.29 is 0 Å². The van der Waals surface area contributed by atoms with Crippen molar-refractivity contribution in [1.29, 1.82) is 0 Å². The molecule has 0 radical (unpaired) electrons. The maximum absolute atomic E-state index is 3.85. The average molecular weight is 251 g/mol. The van der Waals surface area contributed by atoms with Crippen molar-refractivity contribution in [3.63, 3.8) is 0 Å². The third-order valence-corrected chi connectivity index (χ3v) is 4.02. The van der Waals surface area contributed by atoms with Crippen LogP contribution in [0.3, 0.4) is 0 Å². The van der Waals surface area contributed by atoms with Crippen LogP contribution in [0.5, 0.6) is 0 Å². The summed E-state index contributed by atoms with van der Waals surface area (Å²) in [6, 6.07) is 22.6. The summed E-state index contributed by atoms with van der Waals surface area (Å²) < 4.78 is 0. The molecule has 1 N–H and O–H groups in total. The van der Waals surface area contributed by atoms with Crippen molar-refractivity contribution in [3.8, 4) is 0 Å². The lowest BCUT2D eigenvalue weighted by molar-refractivity contribution is 0.479. The van der Waals surface area contributed by atoms with Gasteiger partial charge in [0, 0.05) is 6.04 Å². The summed E-state index contributed by atoms with van der Waals surface area (Å²) in [5.41, 5.74) is 2.72. The summed E-state index contributed by atoms with van der Waals surface area (Å²) in [5, 5.41) is 3.85. The third-order valence-electron chi connectivity index (χ3n) is 4.02. The second-order valence-electron chi connectivity index (χ2n) is 5.40. The van der Waals surface area contributed by atoms with Crippen LogP contribution in [0.15, 0.2) is 60.7 Å². The quantitative estimate of drug-likeness (QED) is 0.854. The van der Waals surface area contributed by atoms with E-state index in [2.05, 4.69) is 66.0 Å². The van der Waals surface area contributed by atoms with Gasteiger partial charge in [-0.1, -0.05) is 73.5 Å². The lowest BCUT2D eigenvalue weighted by Crippen LogP contribution is -2.31. The van der Waals surface area contributed by atoms with Crippen LogP contribution in [0, 0.1) is 0 Å². The fraction of sp³-hybridized carbons (Fsp3) is 0.333. The first-order chi connectivity index (χ1) is 9.43. The molecule has 1 heteroatoms. The molecule has 98 valence electrons. The fourth-order valence-corrected chi connectivity index (χ4v) is 3.00. The van der Waals surface area contributed by atoms with Crippen LogP contribution < -0.4 is 5.32 Å². The topological polar surface area (TPSA) is 12.0 Å². The van der Waals surface area contributed by atoms with Gasteiger partial charge in [-0.3, -0.25) is 0 Å². The molecule has 0 saturated heterocycles. The van der Waals surface area contributed by atoms with E-state index in [0.29, 0.717) is 12.1 Å². The first-order valence-corrected chi connectivity index (χ1v) is 7.29. The zero-order valence-electron chi connectivity index (χ0n) is 11.3. The zero-order chi connectivity index (χ0) is 12.9. The van der Waals surface area contributed by atoms with Crippen molar-refractivity contribution in [2.45, 2.75) is 37.8 Å². The largest absolute Gasteiger partial charge is 0.303 e. The minimum Gasteiger partial charge on any atom is -0.303 e. The van der Waals surface area contributed by atoms with E-state index >= 15 is 0 Å². The van der Waals surface area contributed by atoms with E-state index in [0.717, 1.165) is 0 Å². The molecule has 19 heavy (non-hydrogen) atoms. The molecule has 3 rings (SSSR count). The van der Waals surface area contributed by atoms with E-state index in [9.17, 15) is 0 Å². The SMILES string of the molecule is c1ccc(C(NC2CCCC2)c2ccccc2)cc1. The third kappa shape index (κ3) is 3.05. The Morgan fingerprint density at radius 1 is 0.737 bits per heavy atom. The van der Waals surface area contributed by atoms with Gasteiger partial charge in [0.15, 0.2) is 0 Å². The predicted molar refractivity (Wildman–Crippen MR) is 80.1 cm³/mol. The minimum atomic E-state index is 0.325. The molecule has 0 heterocycles. The monoisotopic (exact) mass is 251 g/mol. The highest BCUT2D eigenvalue weighted by molar-refractivity contribution is 5.31. The fourth-order valence-electron chi connectivity index (χ4n) is 3.00. The zero-order valence-corrected chi connectivity index (χ0v) is 11.3. The van der Waals surface area contributed by atoms with Gasteiger partial charge in [0.25, 0.3) is 0 Å².